The Balaban J connectivity index is 0. The Morgan fingerprint density at radius 1 is 1.05 bits per heavy atom. The van der Waals surface area contributed by atoms with Crippen LogP contribution in [0.15, 0.2) is 42.6 Å². The summed E-state index contributed by atoms with van der Waals surface area (Å²) in [4.78, 5) is 3.76. The second kappa shape index (κ2) is 10.9. The Hall–Kier alpha value is -0.778. The normalized spacial score (nSPS) is 13.6. The van der Waals surface area contributed by atoms with Gasteiger partial charge in [0.15, 0.2) is 0 Å². The van der Waals surface area contributed by atoms with Crippen molar-refractivity contribution in [3.8, 4) is 0 Å². The predicted molar refractivity (Wildman–Crippen MR) is 70.4 cm³/mol. The summed E-state index contributed by atoms with van der Waals surface area (Å²) in [6.45, 7) is 4.13. The summed E-state index contributed by atoms with van der Waals surface area (Å²) in [5.74, 6) is 0.496. The summed E-state index contributed by atoms with van der Waals surface area (Å²) in [5, 5.41) is 0. The number of benzene rings is 1. The Kier molecular flexibility index (Phi) is 11.8. The number of aryl methyl sites for hydroxylation is 1. The summed E-state index contributed by atoms with van der Waals surface area (Å²) < 4.78 is 0. The van der Waals surface area contributed by atoms with Crippen molar-refractivity contribution in [2.75, 3.05) is 0 Å². The molecule has 0 fully saturated rings. The van der Waals surface area contributed by atoms with Crippen LogP contribution in [-0.2, 0) is 17.4 Å². The van der Waals surface area contributed by atoms with Crippen LogP contribution in [0, 0.1) is 19.2 Å². The van der Waals surface area contributed by atoms with Crippen LogP contribution in [0.3, 0.4) is 0 Å². The average Bonchev–Trinajstić information content (AvgIpc) is 2.74. The Morgan fingerprint density at radius 2 is 1.75 bits per heavy atom. The second-order valence-electron chi connectivity index (χ2n) is 4.09. The molecule has 0 saturated carbocycles. The second-order valence-corrected chi connectivity index (χ2v) is 4.09. The smallest absolute Gasteiger partial charge is 1.00 e. The van der Waals surface area contributed by atoms with Crippen LogP contribution in [0.4, 0.5) is 0 Å². The molecule has 1 heterocycles. The molecule has 0 amide bonds. The molecule has 3 rings (SSSR count). The predicted octanol–water partition coefficient (Wildman–Crippen LogP) is -2.18. The van der Waals surface area contributed by atoms with Gasteiger partial charge in [0.05, 0.1) is 0 Å². The number of aromatic nitrogens is 1. The fraction of sp³-hybridized carbons (Fsp3) is 0.188. The van der Waals surface area contributed by atoms with Crippen molar-refractivity contribution in [2.45, 2.75) is 19.8 Å². The minimum absolute atomic E-state index is 0. The fourth-order valence-electron chi connectivity index (χ4n) is 1.75. The van der Waals surface area contributed by atoms with Crippen molar-refractivity contribution >= 4 is 6.08 Å². The van der Waals surface area contributed by atoms with Gasteiger partial charge in [-0.3, -0.25) is 6.08 Å². The van der Waals surface area contributed by atoms with Gasteiger partial charge in [0.25, 0.3) is 0 Å². The first-order valence-corrected chi connectivity index (χ1v) is 5.75. The van der Waals surface area contributed by atoms with Crippen molar-refractivity contribution in [2.24, 2.45) is 0 Å². The molecule has 1 aliphatic rings. The first-order chi connectivity index (χ1) is 8.27. The molecule has 1 atom stereocenters. The van der Waals surface area contributed by atoms with E-state index in [1.165, 1.54) is 11.1 Å². The molecule has 0 bridgehead atoms. The Morgan fingerprint density at radius 3 is 2.25 bits per heavy atom. The van der Waals surface area contributed by atoms with E-state index in [9.17, 15) is 0 Å². The van der Waals surface area contributed by atoms with E-state index in [2.05, 4.69) is 54.5 Å². The van der Waals surface area contributed by atoms with Gasteiger partial charge in [-0.2, -0.15) is 17.7 Å². The zero-order valence-corrected chi connectivity index (χ0v) is 14.1. The van der Waals surface area contributed by atoms with Crippen LogP contribution in [-0.4, -0.2) is 4.98 Å². The monoisotopic (exact) mass is 343 g/mol. The third-order valence-electron chi connectivity index (χ3n) is 2.70. The molecular weight excluding hydrogens is 329 g/mol. The van der Waals surface area contributed by atoms with E-state index in [0.717, 1.165) is 5.56 Å². The molecule has 1 nitrogen and oxygen atoms in total. The number of allylic oxidation sites excluding steroid dienone is 1. The molecule has 20 heavy (non-hydrogen) atoms. The molecule has 0 N–H and O–H groups in total. The molecule has 0 aliphatic heterocycles. The van der Waals surface area contributed by atoms with Gasteiger partial charge in [-0.1, -0.05) is 50.4 Å². The number of hydrogen-bond donors (Lipinski definition) is 0. The largest absolute Gasteiger partial charge is 4.00 e. The summed E-state index contributed by atoms with van der Waals surface area (Å²) >= 11 is 0. The van der Waals surface area contributed by atoms with Gasteiger partial charge < -0.3 is 29.8 Å². The third kappa shape index (κ3) is 6.12. The van der Waals surface area contributed by atoms with Crippen molar-refractivity contribution in [1.82, 2.24) is 4.98 Å². The van der Waals surface area contributed by atoms with Crippen molar-refractivity contribution in [3.05, 3.63) is 71.6 Å². The SMILES string of the molecule is CC1[C-]=Cc2ccccc21.Cc1[c-]nccc1.[Cl-].[Cl-].[Cr+4]. The molecule has 2 aromatic rings. The number of halogens is 2. The molecule has 4 heteroatoms. The van der Waals surface area contributed by atoms with Gasteiger partial charge in [0.1, 0.15) is 0 Å². The Bertz CT molecular complexity index is 515. The van der Waals surface area contributed by atoms with Crippen LogP contribution in [0.2, 0.25) is 0 Å². The molecule has 1 aromatic carbocycles. The standard InChI is InChI=1S/C10H9.C6H6N.2ClH.Cr/c1-8-6-7-9-4-2-3-5-10(8)9;1-6-3-2-4-7-5-6;;;/h2-5,7-8H,1H3;2-4H,1H3;2*1H;/q2*-1;;;+4/p-2. The molecule has 0 radical (unpaired) electrons. The van der Waals surface area contributed by atoms with E-state index in [4.69, 9.17) is 0 Å². The fourth-order valence-corrected chi connectivity index (χ4v) is 1.75. The molecule has 1 aromatic heterocycles. The summed E-state index contributed by atoms with van der Waals surface area (Å²) in [7, 11) is 0. The number of rotatable bonds is 0. The summed E-state index contributed by atoms with van der Waals surface area (Å²) in [5.41, 5.74) is 3.82. The van der Waals surface area contributed by atoms with Crippen molar-refractivity contribution in [1.29, 1.82) is 0 Å². The maximum absolute atomic E-state index is 3.76. The van der Waals surface area contributed by atoms with Crippen LogP contribution in [0.5, 0.6) is 0 Å². The average molecular weight is 344 g/mol. The van der Waals surface area contributed by atoms with Crippen molar-refractivity contribution in [3.63, 3.8) is 0 Å². The summed E-state index contributed by atoms with van der Waals surface area (Å²) in [6.07, 6.45) is 9.83. The molecule has 0 spiro atoms. The first kappa shape index (κ1) is 21.5. The number of hydrogen-bond acceptors (Lipinski definition) is 1. The minimum Gasteiger partial charge on any atom is -1.00 e. The van der Waals surface area contributed by atoms with E-state index in [-0.39, 0.29) is 42.2 Å². The van der Waals surface area contributed by atoms with Gasteiger partial charge in [0.2, 0.25) is 0 Å². The van der Waals surface area contributed by atoms with E-state index in [0.29, 0.717) is 5.92 Å². The van der Waals surface area contributed by atoms with Crippen LogP contribution in [0.1, 0.15) is 29.5 Å². The van der Waals surface area contributed by atoms with Crippen LogP contribution < -0.4 is 24.8 Å². The quantitative estimate of drug-likeness (QED) is 0.495. The number of nitrogens with zero attached hydrogens (tertiary/aromatic N) is 1. The summed E-state index contributed by atoms with van der Waals surface area (Å²) in [6, 6.07) is 12.3. The third-order valence-corrected chi connectivity index (χ3v) is 2.70. The zero-order chi connectivity index (χ0) is 12.1. The Labute approximate surface area is 144 Å². The first-order valence-electron chi connectivity index (χ1n) is 5.75. The van der Waals surface area contributed by atoms with Gasteiger partial charge in [-0.25, -0.2) is 6.08 Å². The number of pyridine rings is 1. The number of fused-ring (bicyclic) bond motifs is 1. The van der Waals surface area contributed by atoms with Gasteiger partial charge >= 0.3 is 17.4 Å². The van der Waals surface area contributed by atoms with Crippen molar-refractivity contribution < 1.29 is 42.2 Å². The minimum atomic E-state index is 0. The molecule has 1 unspecified atom stereocenters. The maximum atomic E-state index is 3.76. The van der Waals surface area contributed by atoms with Crippen LogP contribution in [0.25, 0.3) is 6.08 Å². The molecule has 0 saturated heterocycles. The topological polar surface area (TPSA) is 12.9 Å². The van der Waals surface area contributed by atoms with Gasteiger partial charge in [0, 0.05) is 0 Å². The molecule has 1 aliphatic carbocycles. The van der Waals surface area contributed by atoms with Crippen LogP contribution >= 0.6 is 0 Å². The van der Waals surface area contributed by atoms with E-state index in [1.807, 2.05) is 19.1 Å². The van der Waals surface area contributed by atoms with Gasteiger partial charge in [-0.05, 0) is 0 Å². The van der Waals surface area contributed by atoms with E-state index < -0.39 is 0 Å². The molecule has 104 valence electrons. The van der Waals surface area contributed by atoms with E-state index in [1.54, 1.807) is 6.20 Å². The maximum Gasteiger partial charge on any atom is 4.00 e. The van der Waals surface area contributed by atoms with Gasteiger partial charge in [-0.15, -0.1) is 17.2 Å². The van der Waals surface area contributed by atoms with E-state index >= 15 is 0 Å². The zero-order valence-electron chi connectivity index (χ0n) is 11.3. The molecular formula is C16H15Cl2CrN.